The van der Waals surface area contributed by atoms with Crippen molar-refractivity contribution in [3.8, 4) is 5.75 Å². The van der Waals surface area contributed by atoms with E-state index in [1.165, 1.54) is 7.11 Å². The molecular formula is C11H14N2O4. The highest BCUT2D eigenvalue weighted by Crippen LogP contribution is 2.15. The van der Waals surface area contributed by atoms with Crippen molar-refractivity contribution < 1.29 is 19.1 Å². The molecule has 0 radical (unpaired) electrons. The number of carbonyl (C=O) groups excluding carboxylic acids is 2. The minimum atomic E-state index is -1.20. The van der Waals surface area contributed by atoms with Crippen LogP contribution in [-0.2, 0) is 14.3 Å². The minimum Gasteiger partial charge on any atom is -0.497 e. The summed E-state index contributed by atoms with van der Waals surface area (Å²) in [4.78, 5) is 22.3. The third kappa shape index (κ3) is 3.37. The molecule has 0 aliphatic carbocycles. The molecule has 6 heteroatoms. The van der Waals surface area contributed by atoms with Gasteiger partial charge < -0.3 is 20.5 Å². The first kappa shape index (κ1) is 12.8. The van der Waals surface area contributed by atoms with Gasteiger partial charge in [0, 0.05) is 5.69 Å². The van der Waals surface area contributed by atoms with Crippen LogP contribution in [-0.4, -0.2) is 32.1 Å². The maximum atomic E-state index is 11.3. The Morgan fingerprint density at radius 3 is 2.24 bits per heavy atom. The Bertz CT molecular complexity index is 402. The highest BCUT2D eigenvalue weighted by Gasteiger charge is 2.24. The topological polar surface area (TPSA) is 90.7 Å². The van der Waals surface area contributed by atoms with E-state index >= 15 is 0 Å². The van der Waals surface area contributed by atoms with E-state index in [9.17, 15) is 9.59 Å². The van der Waals surface area contributed by atoms with Crippen LogP contribution >= 0.6 is 0 Å². The summed E-state index contributed by atoms with van der Waals surface area (Å²) in [6.45, 7) is 0. The van der Waals surface area contributed by atoms with Crippen LogP contribution in [0.1, 0.15) is 0 Å². The predicted molar refractivity (Wildman–Crippen MR) is 61.6 cm³/mol. The standard InChI is InChI=1S/C11H14N2O4/c1-16-8-5-3-7(4-6-8)13-9(10(12)14)11(15)17-2/h3-6,9,13H,1-2H3,(H2,12,14). The average Bonchev–Trinajstić information content (AvgIpc) is 2.35. The summed E-state index contributed by atoms with van der Waals surface area (Å²) in [5.41, 5.74) is 5.66. The molecule has 0 saturated carbocycles. The highest BCUT2D eigenvalue weighted by atomic mass is 16.5. The predicted octanol–water partition coefficient (Wildman–Crippen LogP) is 0.134. The molecule has 1 unspecified atom stereocenters. The third-order valence-corrected chi connectivity index (χ3v) is 2.12. The van der Waals surface area contributed by atoms with Crippen LogP contribution in [0.25, 0.3) is 0 Å². The Balaban J connectivity index is 2.79. The zero-order chi connectivity index (χ0) is 12.8. The van der Waals surface area contributed by atoms with Crippen LogP contribution < -0.4 is 15.8 Å². The van der Waals surface area contributed by atoms with Crippen molar-refractivity contribution in [2.45, 2.75) is 6.04 Å². The van der Waals surface area contributed by atoms with Gasteiger partial charge in [-0.25, -0.2) is 4.79 Å². The number of benzene rings is 1. The van der Waals surface area contributed by atoms with Gasteiger partial charge >= 0.3 is 5.97 Å². The summed E-state index contributed by atoms with van der Waals surface area (Å²) in [5, 5.41) is 2.68. The maximum absolute atomic E-state index is 11.3. The van der Waals surface area contributed by atoms with Gasteiger partial charge in [0.15, 0.2) is 0 Å². The molecule has 0 bridgehead atoms. The number of methoxy groups -OCH3 is 2. The van der Waals surface area contributed by atoms with E-state index in [4.69, 9.17) is 10.5 Å². The monoisotopic (exact) mass is 238 g/mol. The number of anilines is 1. The van der Waals surface area contributed by atoms with Crippen LogP contribution in [0.5, 0.6) is 5.75 Å². The fourth-order valence-corrected chi connectivity index (χ4v) is 1.22. The Kier molecular flexibility index (Phi) is 4.33. The number of ether oxygens (including phenoxy) is 2. The summed E-state index contributed by atoms with van der Waals surface area (Å²) in [6, 6.07) is 5.51. The second kappa shape index (κ2) is 5.74. The lowest BCUT2D eigenvalue weighted by Crippen LogP contribution is -2.42. The SMILES string of the molecule is COC(=O)C(Nc1ccc(OC)cc1)C(N)=O. The van der Waals surface area contributed by atoms with Crippen molar-refractivity contribution >= 4 is 17.6 Å². The van der Waals surface area contributed by atoms with E-state index in [0.29, 0.717) is 11.4 Å². The van der Waals surface area contributed by atoms with Gasteiger partial charge in [0.2, 0.25) is 6.04 Å². The summed E-state index contributed by atoms with van der Waals surface area (Å²) in [7, 11) is 2.73. The van der Waals surface area contributed by atoms with Gasteiger partial charge in [-0.05, 0) is 24.3 Å². The molecule has 0 heterocycles. The lowest BCUT2D eigenvalue weighted by Gasteiger charge is -2.14. The molecule has 6 nitrogen and oxygen atoms in total. The fraction of sp³-hybridized carbons (Fsp3) is 0.273. The Morgan fingerprint density at radius 1 is 1.24 bits per heavy atom. The number of nitrogens with one attached hydrogen (secondary N) is 1. The molecule has 0 aromatic heterocycles. The first-order valence-corrected chi connectivity index (χ1v) is 4.86. The number of rotatable bonds is 5. The molecule has 0 aliphatic rings. The van der Waals surface area contributed by atoms with Crippen LogP contribution in [0.3, 0.4) is 0 Å². The van der Waals surface area contributed by atoms with E-state index in [1.807, 2.05) is 0 Å². The van der Waals surface area contributed by atoms with Gasteiger partial charge in [0.1, 0.15) is 5.75 Å². The number of primary amides is 1. The molecule has 3 N–H and O–H groups in total. The zero-order valence-corrected chi connectivity index (χ0v) is 9.60. The normalized spacial score (nSPS) is 11.4. The fourth-order valence-electron chi connectivity index (χ4n) is 1.22. The van der Waals surface area contributed by atoms with E-state index in [0.717, 1.165) is 0 Å². The summed E-state index contributed by atoms with van der Waals surface area (Å²) < 4.78 is 9.44. The van der Waals surface area contributed by atoms with Gasteiger partial charge in [-0.1, -0.05) is 0 Å². The summed E-state index contributed by atoms with van der Waals surface area (Å²) in [6.07, 6.45) is 0. The van der Waals surface area contributed by atoms with Crippen molar-refractivity contribution in [3.05, 3.63) is 24.3 Å². The first-order valence-electron chi connectivity index (χ1n) is 4.86. The van der Waals surface area contributed by atoms with Gasteiger partial charge in [-0.3, -0.25) is 4.79 Å². The molecule has 0 spiro atoms. The smallest absolute Gasteiger partial charge is 0.338 e. The number of hydrogen-bond donors (Lipinski definition) is 2. The van der Waals surface area contributed by atoms with Crippen LogP contribution in [0.4, 0.5) is 5.69 Å². The summed E-state index contributed by atoms with van der Waals surface area (Å²) in [5.74, 6) is -0.856. The average molecular weight is 238 g/mol. The van der Waals surface area contributed by atoms with E-state index < -0.39 is 17.9 Å². The molecule has 0 fully saturated rings. The molecule has 1 aromatic rings. The molecule has 1 rings (SSSR count). The van der Waals surface area contributed by atoms with E-state index in [1.54, 1.807) is 31.4 Å². The second-order valence-corrected chi connectivity index (χ2v) is 3.23. The maximum Gasteiger partial charge on any atom is 0.338 e. The Hall–Kier alpha value is -2.24. The molecule has 1 aromatic carbocycles. The largest absolute Gasteiger partial charge is 0.497 e. The number of nitrogens with two attached hydrogens (primary N) is 1. The first-order chi connectivity index (χ1) is 8.08. The van der Waals surface area contributed by atoms with Crippen LogP contribution in [0, 0.1) is 0 Å². The van der Waals surface area contributed by atoms with Gasteiger partial charge in [-0.15, -0.1) is 0 Å². The molecule has 17 heavy (non-hydrogen) atoms. The quantitative estimate of drug-likeness (QED) is 0.562. The van der Waals surface area contributed by atoms with Gasteiger partial charge in [0.05, 0.1) is 14.2 Å². The van der Waals surface area contributed by atoms with Crippen LogP contribution in [0.15, 0.2) is 24.3 Å². The van der Waals surface area contributed by atoms with Crippen molar-refractivity contribution in [3.63, 3.8) is 0 Å². The molecule has 92 valence electrons. The van der Waals surface area contributed by atoms with E-state index in [2.05, 4.69) is 10.1 Å². The second-order valence-electron chi connectivity index (χ2n) is 3.23. The van der Waals surface area contributed by atoms with Gasteiger partial charge in [-0.2, -0.15) is 0 Å². The molecule has 1 amide bonds. The lowest BCUT2D eigenvalue weighted by atomic mass is 10.2. The lowest BCUT2D eigenvalue weighted by molar-refractivity contribution is -0.144. The minimum absolute atomic E-state index is 0.569. The Labute approximate surface area is 98.7 Å². The molecule has 0 aliphatic heterocycles. The van der Waals surface area contributed by atoms with E-state index in [-0.39, 0.29) is 0 Å². The van der Waals surface area contributed by atoms with Gasteiger partial charge in [0.25, 0.3) is 5.91 Å². The number of esters is 1. The summed E-state index contributed by atoms with van der Waals surface area (Å²) >= 11 is 0. The van der Waals surface area contributed by atoms with Crippen molar-refractivity contribution in [2.75, 3.05) is 19.5 Å². The number of hydrogen-bond acceptors (Lipinski definition) is 5. The van der Waals surface area contributed by atoms with Crippen molar-refractivity contribution in [1.29, 1.82) is 0 Å². The number of carbonyl (C=O) groups is 2. The van der Waals surface area contributed by atoms with Crippen molar-refractivity contribution in [2.24, 2.45) is 5.73 Å². The third-order valence-electron chi connectivity index (χ3n) is 2.12. The molecule has 0 saturated heterocycles. The number of amides is 1. The molecular weight excluding hydrogens is 224 g/mol. The van der Waals surface area contributed by atoms with Crippen LogP contribution in [0.2, 0.25) is 0 Å². The molecule has 1 atom stereocenters. The Morgan fingerprint density at radius 2 is 1.82 bits per heavy atom. The highest BCUT2D eigenvalue weighted by molar-refractivity contribution is 6.03. The zero-order valence-electron chi connectivity index (χ0n) is 9.60. The van der Waals surface area contributed by atoms with Crippen molar-refractivity contribution in [1.82, 2.24) is 0 Å².